The topological polar surface area (TPSA) is 97.6 Å². The summed E-state index contributed by atoms with van der Waals surface area (Å²) in [5, 5.41) is 9.71. The Balaban J connectivity index is 1.48. The van der Waals surface area contributed by atoms with E-state index in [9.17, 15) is 9.59 Å². The van der Waals surface area contributed by atoms with Crippen molar-refractivity contribution < 1.29 is 14.3 Å². The highest BCUT2D eigenvalue weighted by Gasteiger charge is 2.14. The first kappa shape index (κ1) is 17.9. The molecule has 0 fully saturated rings. The van der Waals surface area contributed by atoms with Crippen LogP contribution in [0.5, 0.6) is 5.75 Å². The SMILES string of the molecule is CCC(=O)Nc1ccc(OCC(=O)NC(C)c2cn3ncsc3n2)cc1. The quantitative estimate of drug-likeness (QED) is 0.663. The van der Waals surface area contributed by atoms with Crippen molar-refractivity contribution in [1.82, 2.24) is 19.9 Å². The molecule has 0 aliphatic rings. The molecule has 0 spiro atoms. The Morgan fingerprint density at radius 2 is 2.04 bits per heavy atom. The van der Waals surface area contributed by atoms with Crippen LogP contribution >= 0.6 is 11.3 Å². The maximum atomic E-state index is 12.1. The standard InChI is InChI=1S/C17H19N5O3S/c1-3-15(23)20-12-4-6-13(7-5-12)25-9-16(24)19-11(2)14-8-22-17(21-14)26-10-18-22/h4-8,10-11H,3,9H2,1-2H3,(H,19,24)(H,20,23). The molecule has 3 aromatic rings. The number of carbonyl (C=O) groups excluding carboxylic acids is 2. The molecular formula is C17H19N5O3S. The van der Waals surface area contributed by atoms with E-state index in [1.165, 1.54) is 11.3 Å². The van der Waals surface area contributed by atoms with Gasteiger partial charge in [-0.25, -0.2) is 9.50 Å². The van der Waals surface area contributed by atoms with E-state index in [1.807, 2.05) is 6.92 Å². The fourth-order valence-corrected chi connectivity index (χ4v) is 2.86. The molecule has 1 aromatic carbocycles. The summed E-state index contributed by atoms with van der Waals surface area (Å²) in [5.41, 5.74) is 3.15. The molecule has 1 atom stereocenters. The van der Waals surface area contributed by atoms with Crippen LogP contribution in [0.3, 0.4) is 0 Å². The number of hydrogen-bond donors (Lipinski definition) is 2. The largest absolute Gasteiger partial charge is 0.484 e. The number of nitrogens with zero attached hydrogens (tertiary/aromatic N) is 3. The minimum absolute atomic E-state index is 0.0543. The molecule has 2 aromatic heterocycles. The third kappa shape index (κ3) is 4.37. The number of hydrogen-bond acceptors (Lipinski definition) is 6. The van der Waals surface area contributed by atoms with Gasteiger partial charge in [-0.05, 0) is 31.2 Å². The molecular weight excluding hydrogens is 354 g/mol. The number of aromatic nitrogens is 3. The summed E-state index contributed by atoms with van der Waals surface area (Å²) >= 11 is 1.44. The first-order valence-electron chi connectivity index (χ1n) is 8.16. The maximum Gasteiger partial charge on any atom is 0.258 e. The monoisotopic (exact) mass is 373 g/mol. The molecule has 0 radical (unpaired) electrons. The first-order chi connectivity index (χ1) is 12.5. The first-order valence-corrected chi connectivity index (χ1v) is 9.04. The molecule has 1 unspecified atom stereocenters. The zero-order valence-corrected chi connectivity index (χ0v) is 15.2. The van der Waals surface area contributed by atoms with Gasteiger partial charge in [0, 0.05) is 12.1 Å². The van der Waals surface area contributed by atoms with E-state index in [2.05, 4.69) is 20.7 Å². The Hall–Kier alpha value is -2.94. The predicted octanol–water partition coefficient (Wildman–Crippen LogP) is 2.40. The van der Waals surface area contributed by atoms with Gasteiger partial charge in [-0.3, -0.25) is 9.59 Å². The van der Waals surface area contributed by atoms with Gasteiger partial charge in [0.2, 0.25) is 10.9 Å². The Morgan fingerprint density at radius 1 is 1.27 bits per heavy atom. The minimum Gasteiger partial charge on any atom is -0.484 e. The maximum absolute atomic E-state index is 12.1. The molecule has 136 valence electrons. The molecule has 0 bridgehead atoms. The lowest BCUT2D eigenvalue weighted by Crippen LogP contribution is -2.31. The van der Waals surface area contributed by atoms with Crippen molar-refractivity contribution in [3.8, 4) is 5.75 Å². The van der Waals surface area contributed by atoms with Crippen LogP contribution in [0.1, 0.15) is 32.0 Å². The Labute approximate surface area is 154 Å². The van der Waals surface area contributed by atoms with Crippen molar-refractivity contribution in [2.24, 2.45) is 0 Å². The molecule has 2 amide bonds. The van der Waals surface area contributed by atoms with E-state index in [-0.39, 0.29) is 24.5 Å². The second-order valence-corrected chi connectivity index (χ2v) is 6.45. The van der Waals surface area contributed by atoms with Crippen molar-refractivity contribution >= 4 is 33.8 Å². The second-order valence-electron chi connectivity index (χ2n) is 5.64. The Morgan fingerprint density at radius 3 is 2.73 bits per heavy atom. The van der Waals surface area contributed by atoms with Crippen LogP contribution in [0.4, 0.5) is 5.69 Å². The molecule has 2 heterocycles. The number of rotatable bonds is 7. The Bertz CT molecular complexity index is 874. The van der Waals surface area contributed by atoms with E-state index >= 15 is 0 Å². The predicted molar refractivity (Wildman–Crippen MR) is 98.3 cm³/mol. The zero-order chi connectivity index (χ0) is 18.5. The highest BCUT2D eigenvalue weighted by molar-refractivity contribution is 7.14. The third-order valence-electron chi connectivity index (χ3n) is 3.66. The molecule has 2 N–H and O–H groups in total. The molecule has 8 nitrogen and oxygen atoms in total. The van der Waals surface area contributed by atoms with Gasteiger partial charge in [0.15, 0.2) is 6.61 Å². The summed E-state index contributed by atoms with van der Waals surface area (Å²) in [7, 11) is 0. The lowest BCUT2D eigenvalue weighted by Gasteiger charge is -2.12. The average molecular weight is 373 g/mol. The van der Waals surface area contributed by atoms with E-state index < -0.39 is 0 Å². The Kier molecular flexibility index (Phi) is 5.47. The van der Waals surface area contributed by atoms with Gasteiger partial charge < -0.3 is 15.4 Å². The lowest BCUT2D eigenvalue weighted by atomic mass is 10.2. The van der Waals surface area contributed by atoms with E-state index in [0.717, 1.165) is 10.7 Å². The van der Waals surface area contributed by atoms with Gasteiger partial charge in [0.05, 0.1) is 17.9 Å². The molecule has 0 saturated heterocycles. The number of ether oxygens (including phenoxy) is 1. The minimum atomic E-state index is -0.245. The fourth-order valence-electron chi connectivity index (χ4n) is 2.25. The summed E-state index contributed by atoms with van der Waals surface area (Å²) in [6.07, 6.45) is 2.21. The average Bonchev–Trinajstić information content (AvgIpc) is 3.23. The summed E-state index contributed by atoms with van der Waals surface area (Å²) in [4.78, 5) is 28.6. The molecule has 26 heavy (non-hydrogen) atoms. The van der Waals surface area contributed by atoms with Crippen LogP contribution in [-0.2, 0) is 9.59 Å². The lowest BCUT2D eigenvalue weighted by molar-refractivity contribution is -0.123. The summed E-state index contributed by atoms with van der Waals surface area (Å²) in [5.74, 6) is 0.251. The summed E-state index contributed by atoms with van der Waals surface area (Å²) in [6.45, 7) is 3.54. The van der Waals surface area contributed by atoms with E-state index in [1.54, 1.807) is 47.4 Å². The fraction of sp³-hybridized carbons (Fsp3) is 0.294. The molecule has 3 rings (SSSR count). The van der Waals surface area contributed by atoms with Gasteiger partial charge in [0.25, 0.3) is 5.91 Å². The smallest absolute Gasteiger partial charge is 0.258 e. The second kappa shape index (κ2) is 7.96. The molecule has 0 aliphatic heterocycles. The number of anilines is 1. The normalized spacial score (nSPS) is 11.9. The van der Waals surface area contributed by atoms with Crippen LogP contribution < -0.4 is 15.4 Å². The van der Waals surface area contributed by atoms with Gasteiger partial charge in [0.1, 0.15) is 11.3 Å². The number of imidazole rings is 1. The van der Waals surface area contributed by atoms with Gasteiger partial charge in [-0.15, -0.1) is 0 Å². The highest BCUT2D eigenvalue weighted by Crippen LogP contribution is 2.17. The number of nitrogens with one attached hydrogen (secondary N) is 2. The number of amides is 2. The van der Waals surface area contributed by atoms with Gasteiger partial charge >= 0.3 is 0 Å². The molecule has 0 aliphatic carbocycles. The summed E-state index contributed by atoms with van der Waals surface area (Å²) in [6, 6.07) is 6.63. The highest BCUT2D eigenvalue weighted by atomic mass is 32.1. The summed E-state index contributed by atoms with van der Waals surface area (Å²) < 4.78 is 7.15. The molecule has 0 saturated carbocycles. The van der Waals surface area contributed by atoms with Gasteiger partial charge in [-0.2, -0.15) is 5.10 Å². The van der Waals surface area contributed by atoms with Crippen LogP contribution in [0, 0.1) is 0 Å². The van der Waals surface area contributed by atoms with E-state index in [0.29, 0.717) is 17.9 Å². The van der Waals surface area contributed by atoms with Crippen molar-refractivity contribution in [2.75, 3.05) is 11.9 Å². The van der Waals surface area contributed by atoms with Crippen LogP contribution in [0.25, 0.3) is 4.96 Å². The van der Waals surface area contributed by atoms with Crippen LogP contribution in [-0.4, -0.2) is 33.0 Å². The van der Waals surface area contributed by atoms with Crippen molar-refractivity contribution in [1.29, 1.82) is 0 Å². The van der Waals surface area contributed by atoms with Gasteiger partial charge in [-0.1, -0.05) is 18.3 Å². The number of carbonyl (C=O) groups is 2. The zero-order valence-electron chi connectivity index (χ0n) is 14.4. The van der Waals surface area contributed by atoms with E-state index in [4.69, 9.17) is 4.74 Å². The van der Waals surface area contributed by atoms with Crippen molar-refractivity contribution in [2.45, 2.75) is 26.3 Å². The number of benzene rings is 1. The van der Waals surface area contributed by atoms with Crippen LogP contribution in [0.2, 0.25) is 0 Å². The number of fused-ring (bicyclic) bond motifs is 1. The van der Waals surface area contributed by atoms with Crippen molar-refractivity contribution in [3.63, 3.8) is 0 Å². The third-order valence-corrected chi connectivity index (χ3v) is 4.34. The molecule has 9 heteroatoms. The van der Waals surface area contributed by atoms with Crippen LogP contribution in [0.15, 0.2) is 36.0 Å². The van der Waals surface area contributed by atoms with Crippen molar-refractivity contribution in [3.05, 3.63) is 41.7 Å².